The summed E-state index contributed by atoms with van der Waals surface area (Å²) in [5, 5.41) is 16.9. The number of amides is 1. The van der Waals surface area contributed by atoms with Gasteiger partial charge in [-0.15, -0.1) is 0 Å². The van der Waals surface area contributed by atoms with E-state index >= 15 is 0 Å². The summed E-state index contributed by atoms with van der Waals surface area (Å²) in [4.78, 5) is 22.7. The van der Waals surface area contributed by atoms with Crippen LogP contribution in [0.1, 0.15) is 6.42 Å². The van der Waals surface area contributed by atoms with Gasteiger partial charge in [-0.25, -0.2) is 0 Å². The van der Waals surface area contributed by atoms with Gasteiger partial charge in [-0.3, -0.25) is 14.9 Å². The number of nitrogens with one attached hydrogen (secondary N) is 2. The van der Waals surface area contributed by atoms with Gasteiger partial charge in [0.2, 0.25) is 5.91 Å². The molecule has 1 aromatic carbocycles. The van der Waals surface area contributed by atoms with Crippen LogP contribution in [0.5, 0.6) is 11.5 Å². The zero-order chi connectivity index (χ0) is 14.8. The van der Waals surface area contributed by atoms with Crippen molar-refractivity contribution in [1.29, 1.82) is 0 Å². The molecule has 0 saturated carbocycles. The van der Waals surface area contributed by atoms with Crippen LogP contribution < -0.4 is 20.1 Å². The summed E-state index contributed by atoms with van der Waals surface area (Å²) < 4.78 is 10.7. The number of rotatable bonds is 3. The van der Waals surface area contributed by atoms with Gasteiger partial charge < -0.3 is 20.1 Å². The second kappa shape index (κ2) is 5.57. The number of nitrogens with zero attached hydrogens (tertiary/aromatic N) is 1. The molecule has 2 N–H and O–H groups in total. The molecule has 1 atom stereocenters. The van der Waals surface area contributed by atoms with Crippen LogP contribution in [-0.4, -0.2) is 37.1 Å². The number of nitro benzene ring substituents is 1. The van der Waals surface area contributed by atoms with E-state index in [0.29, 0.717) is 31.3 Å². The third-order valence-electron chi connectivity index (χ3n) is 3.55. The van der Waals surface area contributed by atoms with Crippen LogP contribution in [0.25, 0.3) is 0 Å². The monoisotopic (exact) mass is 293 g/mol. The average molecular weight is 293 g/mol. The molecule has 1 aromatic rings. The molecule has 0 spiro atoms. The Hall–Kier alpha value is -2.35. The highest BCUT2D eigenvalue weighted by atomic mass is 16.6. The van der Waals surface area contributed by atoms with Gasteiger partial charge in [-0.2, -0.15) is 0 Å². The maximum absolute atomic E-state index is 12.1. The lowest BCUT2D eigenvalue weighted by atomic mass is 10.1. The highest BCUT2D eigenvalue weighted by molar-refractivity contribution is 5.95. The molecule has 1 amide bonds. The Morgan fingerprint density at radius 2 is 2.05 bits per heavy atom. The van der Waals surface area contributed by atoms with Crippen molar-refractivity contribution in [3.8, 4) is 11.5 Å². The summed E-state index contributed by atoms with van der Waals surface area (Å²) in [7, 11) is 0. The van der Waals surface area contributed by atoms with Crippen molar-refractivity contribution in [3.05, 3.63) is 22.2 Å². The number of nitro groups is 1. The first kappa shape index (κ1) is 13.6. The van der Waals surface area contributed by atoms with Crippen molar-refractivity contribution in [3.63, 3.8) is 0 Å². The van der Waals surface area contributed by atoms with Gasteiger partial charge in [0, 0.05) is 12.6 Å². The Kier molecular flexibility index (Phi) is 3.61. The standard InChI is InChI=1S/C13H15N3O5/c17-13(8-1-2-14-7-8)15-9-5-11-12(21-4-3-20-11)6-10(9)16(18)19/h5-6,8,14H,1-4,7H2,(H,15,17). The molecule has 0 aliphatic carbocycles. The van der Waals surface area contributed by atoms with E-state index in [-0.39, 0.29) is 23.2 Å². The quantitative estimate of drug-likeness (QED) is 0.634. The molecule has 0 bridgehead atoms. The molecule has 0 aromatic heterocycles. The minimum Gasteiger partial charge on any atom is -0.486 e. The van der Waals surface area contributed by atoms with Crippen molar-refractivity contribution >= 4 is 17.3 Å². The van der Waals surface area contributed by atoms with Gasteiger partial charge in [0.25, 0.3) is 5.69 Å². The molecule has 1 saturated heterocycles. The van der Waals surface area contributed by atoms with Gasteiger partial charge in [0.05, 0.1) is 16.9 Å². The zero-order valence-corrected chi connectivity index (χ0v) is 11.3. The van der Waals surface area contributed by atoms with Crippen LogP contribution in [-0.2, 0) is 4.79 Å². The Morgan fingerprint density at radius 1 is 1.33 bits per heavy atom. The Bertz CT molecular complexity index is 583. The summed E-state index contributed by atoms with van der Waals surface area (Å²) in [6.07, 6.45) is 0.726. The lowest BCUT2D eigenvalue weighted by Gasteiger charge is -2.19. The second-order valence-electron chi connectivity index (χ2n) is 4.95. The van der Waals surface area contributed by atoms with Gasteiger partial charge in [0.1, 0.15) is 18.9 Å². The lowest BCUT2D eigenvalue weighted by molar-refractivity contribution is -0.384. The molecule has 0 radical (unpaired) electrons. The maximum Gasteiger partial charge on any atom is 0.296 e. The lowest BCUT2D eigenvalue weighted by Crippen LogP contribution is -2.25. The molecule has 2 aliphatic rings. The van der Waals surface area contributed by atoms with Crippen molar-refractivity contribution in [2.45, 2.75) is 6.42 Å². The minimum atomic E-state index is -0.541. The molecule has 8 nitrogen and oxygen atoms in total. The van der Waals surface area contributed by atoms with Crippen LogP contribution in [0.4, 0.5) is 11.4 Å². The normalized spacial score (nSPS) is 20.1. The predicted octanol–water partition coefficient (Wildman–Crippen LogP) is 0.914. The molecule has 3 rings (SSSR count). The fraction of sp³-hybridized carbons (Fsp3) is 0.462. The van der Waals surface area contributed by atoms with Crippen LogP contribution in [0.15, 0.2) is 12.1 Å². The SMILES string of the molecule is O=C(Nc1cc2c(cc1[N+](=O)[O-])OCCO2)C1CCNC1. The van der Waals surface area contributed by atoms with E-state index in [1.807, 2.05) is 0 Å². The van der Waals surface area contributed by atoms with Gasteiger partial charge in [-0.1, -0.05) is 0 Å². The number of carbonyl (C=O) groups is 1. The first-order valence-electron chi connectivity index (χ1n) is 6.75. The molecule has 2 heterocycles. The summed E-state index contributed by atoms with van der Waals surface area (Å²) in [5.74, 6) is 0.345. The smallest absolute Gasteiger partial charge is 0.296 e. The molecule has 2 aliphatic heterocycles. The number of hydrogen-bond donors (Lipinski definition) is 2. The number of benzene rings is 1. The number of hydrogen-bond acceptors (Lipinski definition) is 6. The van der Waals surface area contributed by atoms with E-state index in [4.69, 9.17) is 9.47 Å². The molecule has 21 heavy (non-hydrogen) atoms. The van der Waals surface area contributed by atoms with Gasteiger partial charge in [-0.05, 0) is 13.0 Å². The summed E-state index contributed by atoms with van der Waals surface area (Å²) in [6, 6.07) is 2.74. The van der Waals surface area contributed by atoms with Crippen molar-refractivity contribution in [1.82, 2.24) is 5.32 Å². The van der Waals surface area contributed by atoms with Gasteiger partial charge in [0.15, 0.2) is 11.5 Å². The number of ether oxygens (including phenoxy) is 2. The van der Waals surface area contributed by atoms with E-state index in [2.05, 4.69) is 10.6 Å². The summed E-state index contributed by atoms with van der Waals surface area (Å²) >= 11 is 0. The third kappa shape index (κ3) is 2.75. The van der Waals surface area contributed by atoms with E-state index in [0.717, 1.165) is 13.0 Å². The first-order chi connectivity index (χ1) is 10.1. The fourth-order valence-corrected chi connectivity index (χ4v) is 2.44. The number of anilines is 1. The number of carbonyl (C=O) groups excluding carboxylic acids is 1. The molecular weight excluding hydrogens is 278 g/mol. The van der Waals surface area contributed by atoms with Gasteiger partial charge >= 0.3 is 0 Å². The average Bonchev–Trinajstić information content (AvgIpc) is 3.00. The zero-order valence-electron chi connectivity index (χ0n) is 11.3. The van der Waals surface area contributed by atoms with Crippen molar-refractivity contribution < 1.29 is 19.2 Å². The number of fused-ring (bicyclic) bond motifs is 1. The Labute approximate surface area is 120 Å². The van der Waals surface area contributed by atoms with Crippen LogP contribution >= 0.6 is 0 Å². The van der Waals surface area contributed by atoms with E-state index in [1.54, 1.807) is 0 Å². The predicted molar refractivity (Wildman–Crippen MR) is 73.7 cm³/mol. The molecular formula is C13H15N3O5. The maximum atomic E-state index is 12.1. The molecule has 1 fully saturated rings. The summed E-state index contributed by atoms with van der Waals surface area (Å²) in [6.45, 7) is 2.10. The van der Waals surface area contributed by atoms with Crippen LogP contribution in [0, 0.1) is 16.0 Å². The highest BCUT2D eigenvalue weighted by Crippen LogP contribution is 2.39. The third-order valence-corrected chi connectivity index (χ3v) is 3.55. The van der Waals surface area contributed by atoms with E-state index in [1.165, 1.54) is 12.1 Å². The van der Waals surface area contributed by atoms with E-state index in [9.17, 15) is 14.9 Å². The van der Waals surface area contributed by atoms with Crippen LogP contribution in [0.2, 0.25) is 0 Å². The Morgan fingerprint density at radius 3 is 2.67 bits per heavy atom. The molecule has 112 valence electrons. The van der Waals surface area contributed by atoms with Crippen LogP contribution in [0.3, 0.4) is 0 Å². The van der Waals surface area contributed by atoms with Crippen molar-refractivity contribution in [2.75, 3.05) is 31.6 Å². The molecule has 1 unspecified atom stereocenters. The first-order valence-corrected chi connectivity index (χ1v) is 6.75. The fourth-order valence-electron chi connectivity index (χ4n) is 2.44. The van der Waals surface area contributed by atoms with Crippen molar-refractivity contribution in [2.24, 2.45) is 5.92 Å². The summed E-state index contributed by atoms with van der Waals surface area (Å²) in [5.41, 5.74) is -0.0558. The van der Waals surface area contributed by atoms with E-state index < -0.39 is 4.92 Å². The topological polar surface area (TPSA) is 103 Å². The molecule has 8 heteroatoms. The minimum absolute atomic E-state index is 0.140. The largest absolute Gasteiger partial charge is 0.486 e. The highest BCUT2D eigenvalue weighted by Gasteiger charge is 2.27. The second-order valence-corrected chi connectivity index (χ2v) is 4.95. The Balaban J connectivity index is 1.88.